The monoisotopic (exact) mass is 816 g/mol. The van der Waals surface area contributed by atoms with Crippen molar-refractivity contribution in [2.75, 3.05) is 53.9 Å². The summed E-state index contributed by atoms with van der Waals surface area (Å²) in [6.07, 6.45) is -2.93. The summed E-state index contributed by atoms with van der Waals surface area (Å²) < 4.78 is 32.4. The molecule has 2 heterocycles. The molecule has 16 heteroatoms. The fourth-order valence-corrected chi connectivity index (χ4v) is 7.00. The molecule has 0 saturated carbocycles. The summed E-state index contributed by atoms with van der Waals surface area (Å²) in [6, 6.07) is 13.5. The number of dihydropyridines is 2. The van der Waals surface area contributed by atoms with Crippen LogP contribution in [0.1, 0.15) is 50.7 Å². The Morgan fingerprint density at radius 2 is 0.982 bits per heavy atom. The number of carbonyl (C=O) groups excluding carboxylic acids is 4. The highest BCUT2D eigenvalue weighted by atomic mass is 35.5. The molecule has 0 aromatic heterocycles. The number of halogens is 2. The van der Waals surface area contributed by atoms with Crippen LogP contribution in [-0.2, 0) is 47.6 Å². The van der Waals surface area contributed by atoms with Gasteiger partial charge in [0.1, 0.15) is 12.2 Å². The normalized spacial score (nSPS) is 18.2. The average molecular weight is 818 g/mol. The Morgan fingerprint density at radius 3 is 1.30 bits per heavy atom. The summed E-state index contributed by atoms with van der Waals surface area (Å²) in [5, 5.41) is 28.4. The van der Waals surface area contributed by atoms with Crippen molar-refractivity contribution in [1.29, 1.82) is 0 Å². The van der Waals surface area contributed by atoms with Crippen molar-refractivity contribution in [3.05, 3.63) is 115 Å². The van der Waals surface area contributed by atoms with E-state index in [-0.39, 0.29) is 60.1 Å². The maximum Gasteiger partial charge on any atom is 0.336 e. The molecule has 0 bridgehead atoms. The van der Waals surface area contributed by atoms with Gasteiger partial charge in [0.15, 0.2) is 0 Å². The van der Waals surface area contributed by atoms with Crippen LogP contribution in [0.3, 0.4) is 0 Å². The Balaban J connectivity index is 1.53. The zero-order valence-corrected chi connectivity index (χ0v) is 33.4. The van der Waals surface area contributed by atoms with Crippen LogP contribution in [0, 0.1) is 0 Å². The lowest BCUT2D eigenvalue weighted by Gasteiger charge is -2.32. The smallest absolute Gasteiger partial charge is 0.336 e. The quantitative estimate of drug-likeness (QED) is 0.130. The summed E-state index contributed by atoms with van der Waals surface area (Å²) in [5.74, 6) is -4.74. The van der Waals surface area contributed by atoms with Crippen molar-refractivity contribution in [2.24, 2.45) is 0 Å². The highest BCUT2D eigenvalue weighted by Crippen LogP contribution is 2.43. The van der Waals surface area contributed by atoms with Crippen molar-refractivity contribution in [3.8, 4) is 0 Å². The third-order valence-corrected chi connectivity index (χ3v) is 9.73. The molecule has 2 aliphatic rings. The molecular formula is C40H46Cl2N2O12. The molecule has 56 heavy (non-hydrogen) atoms. The molecule has 4 unspecified atom stereocenters. The number of hydrogen-bond acceptors (Lipinski definition) is 14. The third kappa shape index (κ3) is 9.99. The van der Waals surface area contributed by atoms with Crippen molar-refractivity contribution < 1.29 is 57.8 Å². The maximum absolute atomic E-state index is 13.5. The number of esters is 4. The van der Waals surface area contributed by atoms with E-state index in [9.17, 15) is 29.4 Å². The van der Waals surface area contributed by atoms with Gasteiger partial charge in [-0.15, -0.1) is 0 Å². The number of ether oxygens (including phenoxy) is 6. The lowest BCUT2D eigenvalue weighted by molar-refractivity contribution is -0.140. The van der Waals surface area contributed by atoms with Crippen LogP contribution in [0.5, 0.6) is 0 Å². The molecule has 14 nitrogen and oxygen atoms in total. The fourth-order valence-electron chi connectivity index (χ4n) is 6.51. The SMILES string of the molecule is CCOC(=O)C1=C(COCC(O)C(O)COCC2=C(C(=O)OCC)C(c3ccccc3Cl)C(C(=O)OC)=C(C)N2)NC(C)=C(C(=O)OC)C1c1ccccc1Cl. The summed E-state index contributed by atoms with van der Waals surface area (Å²) in [5.41, 5.74) is 2.62. The first-order valence-electron chi connectivity index (χ1n) is 17.7. The molecule has 2 aromatic carbocycles. The maximum atomic E-state index is 13.5. The van der Waals surface area contributed by atoms with Gasteiger partial charge in [-0.1, -0.05) is 59.6 Å². The van der Waals surface area contributed by atoms with Gasteiger partial charge in [0.05, 0.1) is 99.4 Å². The number of carbonyl (C=O) groups is 4. The first-order chi connectivity index (χ1) is 26.8. The number of aliphatic hydroxyl groups excluding tert-OH is 2. The first kappa shape index (κ1) is 44.0. The number of rotatable bonds is 17. The molecule has 0 spiro atoms. The van der Waals surface area contributed by atoms with Crippen molar-refractivity contribution in [3.63, 3.8) is 0 Å². The standard InChI is InChI=1S/C40H46Cl2N2O12/c1-7-55-39(49)35-27(43-21(3)31(37(47)51-5)33(35)23-13-9-11-15-25(23)41)17-53-19-29(45)30(46)20-54-18-28-36(40(50)56-8-2)34(24-14-10-12-16-26(24)42)32(22(4)44-28)38(48)52-6/h9-16,29-30,33-34,43-46H,7-8,17-20H2,1-6H3. The second-order valence-electron chi connectivity index (χ2n) is 12.6. The van der Waals surface area contributed by atoms with Crippen molar-refractivity contribution >= 4 is 47.1 Å². The summed E-state index contributed by atoms with van der Waals surface area (Å²) >= 11 is 13.1. The number of nitrogens with one attached hydrogen (secondary N) is 2. The van der Waals surface area contributed by atoms with Gasteiger partial charge in [-0.2, -0.15) is 0 Å². The lowest BCUT2D eigenvalue weighted by atomic mass is 9.80. The van der Waals surface area contributed by atoms with E-state index in [0.717, 1.165) is 0 Å². The number of hydrogen-bond donors (Lipinski definition) is 4. The number of benzene rings is 2. The Morgan fingerprint density at radius 1 is 0.625 bits per heavy atom. The van der Waals surface area contributed by atoms with Crippen LogP contribution < -0.4 is 10.6 Å². The van der Waals surface area contributed by atoms with Crippen LogP contribution in [-0.4, -0.2) is 100 Å². The number of methoxy groups -OCH3 is 2. The molecule has 0 aliphatic carbocycles. The van der Waals surface area contributed by atoms with Crippen molar-refractivity contribution in [2.45, 2.75) is 51.7 Å². The van der Waals surface area contributed by atoms with E-state index in [4.69, 9.17) is 51.6 Å². The summed E-state index contributed by atoms with van der Waals surface area (Å²) in [7, 11) is 2.46. The van der Waals surface area contributed by atoms with Gasteiger partial charge in [0.2, 0.25) is 0 Å². The summed E-state index contributed by atoms with van der Waals surface area (Å²) in [4.78, 5) is 53.0. The summed E-state index contributed by atoms with van der Waals surface area (Å²) in [6.45, 7) is 5.34. The topological polar surface area (TPSA) is 188 Å². The number of allylic oxidation sites excluding steroid dienone is 2. The predicted octanol–water partition coefficient (Wildman–Crippen LogP) is 4.35. The minimum absolute atomic E-state index is 0.0452. The zero-order chi connectivity index (χ0) is 41.1. The second-order valence-corrected chi connectivity index (χ2v) is 13.4. The average Bonchev–Trinajstić information content (AvgIpc) is 3.17. The molecule has 0 fully saturated rings. The van der Waals surface area contributed by atoms with Gasteiger partial charge in [0.25, 0.3) is 0 Å². The largest absolute Gasteiger partial charge is 0.466 e. The van der Waals surface area contributed by atoms with E-state index in [1.54, 1.807) is 76.2 Å². The van der Waals surface area contributed by atoms with E-state index in [1.165, 1.54) is 14.2 Å². The number of aliphatic hydroxyl groups is 2. The Hall–Kier alpha value is -4.70. The van der Waals surface area contributed by atoms with Gasteiger partial charge in [-0.25, -0.2) is 19.2 Å². The molecular weight excluding hydrogens is 771 g/mol. The van der Waals surface area contributed by atoms with E-state index in [0.29, 0.717) is 32.6 Å². The molecule has 0 amide bonds. The molecule has 2 aromatic rings. The van der Waals surface area contributed by atoms with Gasteiger partial charge in [0, 0.05) is 21.4 Å². The van der Waals surface area contributed by atoms with Crippen LogP contribution in [0.15, 0.2) is 93.6 Å². The molecule has 0 saturated heterocycles. The first-order valence-corrected chi connectivity index (χ1v) is 18.5. The van der Waals surface area contributed by atoms with Crippen LogP contribution in [0.2, 0.25) is 10.0 Å². The van der Waals surface area contributed by atoms with Gasteiger partial charge in [-0.3, -0.25) is 0 Å². The van der Waals surface area contributed by atoms with Crippen LogP contribution in [0.25, 0.3) is 0 Å². The molecule has 4 rings (SSSR count). The Kier molecular flexibility index (Phi) is 16.1. The highest BCUT2D eigenvalue weighted by Gasteiger charge is 2.41. The molecule has 2 aliphatic heterocycles. The van der Waals surface area contributed by atoms with Crippen LogP contribution in [0.4, 0.5) is 0 Å². The minimum atomic E-state index is -1.46. The van der Waals surface area contributed by atoms with Gasteiger partial charge < -0.3 is 49.3 Å². The molecule has 4 N–H and O–H groups in total. The van der Waals surface area contributed by atoms with E-state index < -0.39 is 61.1 Å². The van der Waals surface area contributed by atoms with Crippen LogP contribution >= 0.6 is 23.2 Å². The minimum Gasteiger partial charge on any atom is -0.466 e. The highest BCUT2D eigenvalue weighted by molar-refractivity contribution is 6.32. The molecule has 0 radical (unpaired) electrons. The zero-order valence-electron chi connectivity index (χ0n) is 31.9. The lowest BCUT2D eigenvalue weighted by Crippen LogP contribution is -2.38. The van der Waals surface area contributed by atoms with Gasteiger partial charge in [-0.05, 0) is 51.0 Å². The Labute approximate surface area is 335 Å². The molecule has 302 valence electrons. The van der Waals surface area contributed by atoms with E-state index >= 15 is 0 Å². The third-order valence-electron chi connectivity index (χ3n) is 9.04. The predicted molar refractivity (Wildman–Crippen MR) is 205 cm³/mol. The van der Waals surface area contributed by atoms with Gasteiger partial charge >= 0.3 is 23.9 Å². The second kappa shape index (κ2) is 20.5. The van der Waals surface area contributed by atoms with E-state index in [2.05, 4.69) is 10.6 Å². The fraction of sp³-hybridized carbons (Fsp3) is 0.400. The molecule has 4 atom stereocenters. The Bertz CT molecular complexity index is 1800. The van der Waals surface area contributed by atoms with E-state index in [1.807, 2.05) is 0 Å². The van der Waals surface area contributed by atoms with Crippen molar-refractivity contribution in [1.82, 2.24) is 10.6 Å².